The quantitative estimate of drug-likeness (QED) is 0.320. The summed E-state index contributed by atoms with van der Waals surface area (Å²) in [6.45, 7) is 5.99. The second-order valence-corrected chi connectivity index (χ2v) is 13.0. The Morgan fingerprint density at radius 1 is 1.03 bits per heavy atom. The van der Waals surface area contributed by atoms with Crippen LogP contribution in [-0.4, -0.2) is 63.0 Å². The zero-order chi connectivity index (χ0) is 26.5. The summed E-state index contributed by atoms with van der Waals surface area (Å²) in [5, 5.41) is 15.3. The predicted molar refractivity (Wildman–Crippen MR) is 147 cm³/mol. The SMILES string of the molecule is CCCCCNC(=O)C1N(CCCCCCO)C(=O)[C@@H]2[C@@H](C(=O)NCc3ccccc3)[C@@]3(C)CCC12S3. The Kier molecular flexibility index (Phi) is 9.22. The summed E-state index contributed by atoms with van der Waals surface area (Å²) in [6, 6.07) is 9.28. The molecule has 2 unspecified atom stereocenters. The zero-order valence-electron chi connectivity index (χ0n) is 22.3. The number of carbonyl (C=O) groups excluding carboxylic acids is 3. The molecule has 3 heterocycles. The molecule has 3 fully saturated rings. The molecule has 3 aliphatic rings. The number of amides is 3. The maximum atomic E-state index is 14.0. The predicted octanol–water partition coefficient (Wildman–Crippen LogP) is 3.64. The minimum absolute atomic E-state index is 0.0355. The number of benzene rings is 1. The van der Waals surface area contributed by atoms with Crippen LogP contribution in [0.2, 0.25) is 0 Å². The maximum Gasteiger partial charge on any atom is 0.244 e. The number of fused-ring (bicyclic) bond motifs is 1. The molecule has 0 aromatic heterocycles. The van der Waals surface area contributed by atoms with Crippen LogP contribution in [0.15, 0.2) is 30.3 Å². The second-order valence-electron chi connectivity index (χ2n) is 11.1. The van der Waals surface area contributed by atoms with E-state index in [9.17, 15) is 14.4 Å². The van der Waals surface area contributed by atoms with Crippen molar-refractivity contribution >= 4 is 29.5 Å². The summed E-state index contributed by atoms with van der Waals surface area (Å²) in [4.78, 5) is 43.1. The third-order valence-corrected chi connectivity index (χ3v) is 10.5. The number of likely N-dealkylation sites (tertiary alicyclic amines) is 1. The first-order valence-corrected chi connectivity index (χ1v) is 14.9. The first-order valence-electron chi connectivity index (χ1n) is 14.1. The maximum absolute atomic E-state index is 14.0. The lowest BCUT2D eigenvalue weighted by Gasteiger charge is -2.35. The fourth-order valence-corrected chi connectivity index (χ4v) is 9.05. The number of nitrogens with one attached hydrogen (secondary N) is 2. The number of rotatable bonds is 14. The lowest BCUT2D eigenvalue weighted by molar-refractivity contribution is -0.140. The van der Waals surface area contributed by atoms with Crippen LogP contribution in [0.1, 0.15) is 77.2 Å². The van der Waals surface area contributed by atoms with Gasteiger partial charge >= 0.3 is 0 Å². The fourth-order valence-electron chi connectivity index (χ4n) is 6.69. The van der Waals surface area contributed by atoms with Crippen LogP contribution in [-0.2, 0) is 20.9 Å². The van der Waals surface area contributed by atoms with E-state index in [2.05, 4.69) is 24.5 Å². The zero-order valence-corrected chi connectivity index (χ0v) is 23.2. The van der Waals surface area contributed by atoms with E-state index in [1.54, 1.807) is 16.7 Å². The topological polar surface area (TPSA) is 98.7 Å². The molecule has 204 valence electrons. The van der Waals surface area contributed by atoms with Crippen LogP contribution in [0.5, 0.6) is 0 Å². The van der Waals surface area contributed by atoms with Gasteiger partial charge in [-0.15, -0.1) is 11.8 Å². The molecular formula is C29H43N3O4S. The Morgan fingerprint density at radius 2 is 1.78 bits per heavy atom. The van der Waals surface area contributed by atoms with Gasteiger partial charge in [0, 0.05) is 31.0 Å². The summed E-state index contributed by atoms with van der Waals surface area (Å²) in [5.41, 5.74) is 1.03. The number of hydrogen-bond acceptors (Lipinski definition) is 5. The van der Waals surface area contributed by atoms with Gasteiger partial charge in [-0.3, -0.25) is 14.4 Å². The molecule has 0 aliphatic carbocycles. The van der Waals surface area contributed by atoms with Gasteiger partial charge in [0.15, 0.2) is 0 Å². The number of aliphatic hydroxyl groups excluding tert-OH is 1. The van der Waals surface area contributed by atoms with Gasteiger partial charge in [0.1, 0.15) is 6.04 Å². The Morgan fingerprint density at radius 3 is 2.51 bits per heavy atom. The number of aliphatic hydroxyl groups is 1. The fraction of sp³-hybridized carbons (Fsp3) is 0.690. The molecule has 1 spiro atoms. The van der Waals surface area contributed by atoms with E-state index in [1.807, 2.05) is 30.3 Å². The van der Waals surface area contributed by atoms with Crippen LogP contribution in [0, 0.1) is 11.8 Å². The highest BCUT2D eigenvalue weighted by Gasteiger charge is 2.76. The monoisotopic (exact) mass is 529 g/mol. The van der Waals surface area contributed by atoms with Gasteiger partial charge in [-0.05, 0) is 44.6 Å². The van der Waals surface area contributed by atoms with E-state index in [0.717, 1.165) is 63.4 Å². The molecule has 3 amide bonds. The Hall–Kier alpha value is -2.06. The van der Waals surface area contributed by atoms with Crippen molar-refractivity contribution < 1.29 is 19.5 Å². The van der Waals surface area contributed by atoms with Crippen molar-refractivity contribution in [2.45, 2.75) is 93.7 Å². The average Bonchev–Trinajstić information content (AvgIpc) is 3.46. The lowest BCUT2D eigenvalue weighted by atomic mass is 9.66. The molecule has 0 radical (unpaired) electrons. The van der Waals surface area contributed by atoms with Crippen LogP contribution in [0.25, 0.3) is 0 Å². The third kappa shape index (κ3) is 5.56. The summed E-state index contributed by atoms with van der Waals surface area (Å²) in [7, 11) is 0. The molecule has 1 aromatic carbocycles. The molecular weight excluding hydrogens is 486 g/mol. The molecule has 3 N–H and O–H groups in total. The molecule has 37 heavy (non-hydrogen) atoms. The Bertz CT molecular complexity index is 960. The van der Waals surface area contributed by atoms with Crippen molar-refractivity contribution in [3.8, 4) is 0 Å². The molecule has 4 rings (SSSR count). The number of hydrogen-bond donors (Lipinski definition) is 3. The van der Waals surface area contributed by atoms with Crippen LogP contribution in [0.3, 0.4) is 0 Å². The first-order chi connectivity index (χ1) is 17.9. The number of unbranched alkanes of at least 4 members (excludes halogenated alkanes) is 5. The van der Waals surface area contributed by atoms with E-state index in [0.29, 0.717) is 19.6 Å². The molecule has 5 atom stereocenters. The first kappa shape index (κ1) is 28.0. The number of carbonyl (C=O) groups is 3. The Labute approximate surface area is 225 Å². The van der Waals surface area contributed by atoms with Crippen molar-refractivity contribution in [3.05, 3.63) is 35.9 Å². The summed E-state index contributed by atoms with van der Waals surface area (Å²) in [6.07, 6.45) is 8.02. The van der Waals surface area contributed by atoms with Gasteiger partial charge in [-0.25, -0.2) is 0 Å². The summed E-state index contributed by atoms with van der Waals surface area (Å²) < 4.78 is -0.907. The minimum atomic E-state index is -0.555. The highest BCUT2D eigenvalue weighted by Crippen LogP contribution is 2.71. The smallest absolute Gasteiger partial charge is 0.244 e. The van der Waals surface area contributed by atoms with Gasteiger partial charge in [0.25, 0.3) is 0 Å². The standard InChI is InChI=1S/C29H43N3O4S/c1-3-4-10-17-30-26(35)24-29-16-15-28(2,37-29)22(25(34)31-20-21-13-8-7-9-14-21)23(29)27(36)32(24)18-11-5-6-12-19-33/h7-9,13-14,22-24,33H,3-6,10-12,15-20H2,1-2H3,(H,30,35)(H,31,34)/t22-,23-,24?,28+,29?/m0/s1. The van der Waals surface area contributed by atoms with Crippen molar-refractivity contribution in [3.63, 3.8) is 0 Å². The van der Waals surface area contributed by atoms with Crippen LogP contribution in [0.4, 0.5) is 0 Å². The molecule has 7 nitrogen and oxygen atoms in total. The number of thioether (sulfide) groups is 1. The van der Waals surface area contributed by atoms with Crippen LogP contribution >= 0.6 is 11.8 Å². The van der Waals surface area contributed by atoms with E-state index < -0.39 is 22.6 Å². The van der Waals surface area contributed by atoms with Gasteiger partial charge in [0.05, 0.1) is 16.6 Å². The van der Waals surface area contributed by atoms with E-state index >= 15 is 0 Å². The molecule has 3 saturated heterocycles. The van der Waals surface area contributed by atoms with Gasteiger partial charge in [-0.1, -0.05) is 62.9 Å². The summed E-state index contributed by atoms with van der Waals surface area (Å²) >= 11 is 1.73. The van der Waals surface area contributed by atoms with E-state index in [1.165, 1.54) is 0 Å². The van der Waals surface area contributed by atoms with Crippen LogP contribution < -0.4 is 10.6 Å². The largest absolute Gasteiger partial charge is 0.396 e. The van der Waals surface area contributed by atoms with Gasteiger partial charge in [0.2, 0.25) is 17.7 Å². The van der Waals surface area contributed by atoms with E-state index in [4.69, 9.17) is 5.11 Å². The van der Waals surface area contributed by atoms with Crippen molar-refractivity contribution in [1.29, 1.82) is 0 Å². The Balaban J connectivity index is 1.55. The number of nitrogens with zero attached hydrogens (tertiary/aromatic N) is 1. The van der Waals surface area contributed by atoms with Crippen molar-refractivity contribution in [2.75, 3.05) is 19.7 Å². The molecule has 3 aliphatic heterocycles. The molecule has 0 saturated carbocycles. The molecule has 2 bridgehead atoms. The highest BCUT2D eigenvalue weighted by molar-refractivity contribution is 8.02. The molecule has 1 aromatic rings. The second kappa shape index (κ2) is 12.2. The van der Waals surface area contributed by atoms with Crippen molar-refractivity contribution in [2.24, 2.45) is 11.8 Å². The lowest BCUT2D eigenvalue weighted by Crippen LogP contribution is -2.54. The van der Waals surface area contributed by atoms with Gasteiger partial charge in [-0.2, -0.15) is 0 Å². The van der Waals surface area contributed by atoms with Crippen molar-refractivity contribution in [1.82, 2.24) is 15.5 Å². The van der Waals surface area contributed by atoms with E-state index in [-0.39, 0.29) is 29.1 Å². The highest BCUT2D eigenvalue weighted by atomic mass is 32.2. The van der Waals surface area contributed by atoms with Gasteiger partial charge < -0.3 is 20.6 Å². The molecule has 8 heteroatoms. The summed E-state index contributed by atoms with van der Waals surface area (Å²) in [5.74, 6) is -1.10. The average molecular weight is 530 g/mol. The normalized spacial score (nSPS) is 30.0. The third-order valence-electron chi connectivity index (χ3n) is 8.50. The minimum Gasteiger partial charge on any atom is -0.396 e.